The Morgan fingerprint density at radius 2 is 0.968 bits per heavy atom. The smallest absolute Gasteiger partial charge is 1.00 e. The number of alkyl halides is 3. The van der Waals surface area contributed by atoms with Gasteiger partial charge in [0, 0.05) is 61.1 Å². The first-order chi connectivity index (χ1) is 43.6. The molecule has 4 aromatic carbocycles. The van der Waals surface area contributed by atoms with Crippen molar-refractivity contribution < 1.29 is 243 Å². The van der Waals surface area contributed by atoms with E-state index in [2.05, 4.69) is 54.5 Å². The summed E-state index contributed by atoms with van der Waals surface area (Å²) in [7, 11) is -3.52. The number of phenolic OH excluding ortho intramolecular Hbond substituents is 1. The summed E-state index contributed by atoms with van der Waals surface area (Å²) in [6.07, 6.45) is 11.7. The Hall–Kier alpha value is -6.58. The van der Waals surface area contributed by atoms with E-state index in [1.54, 1.807) is 62.2 Å². The fourth-order valence-corrected chi connectivity index (χ4v) is 7.80. The number of methoxy groups -OCH3 is 3. The average molecular weight is 1550 g/mol. The molecule has 32 heteroatoms. The van der Waals surface area contributed by atoms with E-state index in [1.807, 2.05) is 75.4 Å². The van der Waals surface area contributed by atoms with Gasteiger partial charge in [-0.25, -0.2) is 24.4 Å². The van der Waals surface area contributed by atoms with E-state index in [9.17, 15) is 41.1 Å². The van der Waals surface area contributed by atoms with Gasteiger partial charge in [0.15, 0.2) is 5.65 Å². The Balaban J connectivity index is 0.000000590. The van der Waals surface area contributed by atoms with E-state index in [-0.39, 0.29) is 181 Å². The maximum Gasteiger partial charge on any atom is 1.00 e. The normalized spacial score (nSPS) is 10.1. The Morgan fingerprint density at radius 1 is 0.570 bits per heavy atom. The van der Waals surface area contributed by atoms with Crippen LogP contribution < -0.4 is 172 Å². The van der Waals surface area contributed by atoms with Crippen LogP contribution in [-0.4, -0.2) is 138 Å². The SMILES string of the molecule is CCOc1cc(-c2ccncc2)cc(-c2nc3ncccc3[nH]2)c1.CCOc1cc(C(=O)OC)cc(-c2ccncc2)c1.CCOc1cc(O)cc(C(=O)OC)c1.CCOc1cc(OS(=O)(=O)C(F)(F)F)cc(C(=O)OC)c1.O=CO[O-].OB(O)c1ccncc1.[Cs+].[Cs+].[H-]. The number of aromatic nitrogens is 6. The zero-order valence-corrected chi connectivity index (χ0v) is 65.1. The Kier molecular flexibility index (Phi) is 38.5. The van der Waals surface area contributed by atoms with Crippen molar-refractivity contribution in [1.82, 2.24) is 29.9 Å². The minimum atomic E-state index is -5.84. The molecule has 9 rings (SSSR count). The van der Waals surface area contributed by atoms with Crippen LogP contribution >= 0.6 is 0 Å². The molecule has 5 aromatic heterocycles. The van der Waals surface area contributed by atoms with Crippen molar-refractivity contribution >= 4 is 58.2 Å². The van der Waals surface area contributed by atoms with Gasteiger partial charge in [0.2, 0.25) is 0 Å². The third-order valence-corrected chi connectivity index (χ3v) is 12.2. The van der Waals surface area contributed by atoms with Crippen LogP contribution in [0.2, 0.25) is 0 Å². The van der Waals surface area contributed by atoms with Crippen LogP contribution in [0.15, 0.2) is 165 Å². The molecule has 25 nitrogen and oxygen atoms in total. The minimum Gasteiger partial charge on any atom is -1.00 e. The number of pyridine rings is 4. The van der Waals surface area contributed by atoms with E-state index in [0.29, 0.717) is 48.0 Å². The monoisotopic (exact) mass is 1550 g/mol. The van der Waals surface area contributed by atoms with Crippen LogP contribution in [0.25, 0.3) is 44.8 Å². The first-order valence-corrected chi connectivity index (χ1v) is 28.1. The number of nitrogens with one attached hydrogen (secondary N) is 1. The zero-order chi connectivity index (χ0) is 66.9. The van der Waals surface area contributed by atoms with Gasteiger partial charge in [-0.1, -0.05) is 0 Å². The number of H-pyrrole nitrogens is 1. The van der Waals surface area contributed by atoms with Crippen molar-refractivity contribution in [2.24, 2.45) is 0 Å². The molecule has 0 unspecified atom stereocenters. The van der Waals surface area contributed by atoms with E-state index >= 15 is 0 Å². The number of phenols is 1. The zero-order valence-electron chi connectivity index (χ0n) is 52.7. The molecule has 0 aliphatic carbocycles. The number of ether oxygens (including phenoxy) is 7. The van der Waals surface area contributed by atoms with Crippen LogP contribution in [0.1, 0.15) is 60.2 Å². The van der Waals surface area contributed by atoms with E-state index in [0.717, 1.165) is 64.2 Å². The quantitative estimate of drug-likeness (QED) is 0.0139. The van der Waals surface area contributed by atoms with Crippen molar-refractivity contribution in [3.63, 3.8) is 0 Å². The molecule has 0 saturated carbocycles. The van der Waals surface area contributed by atoms with Gasteiger partial charge in [-0.05, 0) is 165 Å². The molecule has 0 radical (unpaired) electrons. The van der Waals surface area contributed by atoms with Crippen LogP contribution in [0.3, 0.4) is 0 Å². The summed E-state index contributed by atoms with van der Waals surface area (Å²) in [5.41, 5.74) is 2.02. The molecule has 0 amide bonds. The van der Waals surface area contributed by atoms with Crippen LogP contribution in [0, 0.1) is 0 Å². The maximum atomic E-state index is 12.3. The van der Waals surface area contributed by atoms with Crippen LogP contribution in [0.4, 0.5) is 13.2 Å². The minimum absolute atomic E-state index is 0. The van der Waals surface area contributed by atoms with Gasteiger partial charge in [-0.2, -0.15) is 21.6 Å². The number of rotatable bonds is 18. The summed E-state index contributed by atoms with van der Waals surface area (Å²) < 4.78 is 97.6. The fraction of sp³-hybridized carbons (Fsp3) is 0.197. The van der Waals surface area contributed by atoms with Gasteiger partial charge in [-0.3, -0.25) is 19.7 Å². The van der Waals surface area contributed by atoms with E-state index in [1.165, 1.54) is 50.9 Å². The number of esters is 3. The Bertz CT molecular complexity index is 3850. The number of carbonyl (C=O) groups is 4. The summed E-state index contributed by atoms with van der Waals surface area (Å²) in [5.74, 6) is 0.174. The molecule has 0 atom stereocenters. The molecule has 0 spiro atoms. The second-order valence-corrected chi connectivity index (χ2v) is 18.9. The topological polar surface area (TPSA) is 349 Å². The molecule has 0 aliphatic rings. The van der Waals surface area contributed by atoms with Crippen molar-refractivity contribution in [3.8, 4) is 68.1 Å². The van der Waals surface area contributed by atoms with Crippen LogP contribution in [0.5, 0.6) is 34.5 Å². The molecular weight excluding hydrogens is 1490 g/mol. The van der Waals surface area contributed by atoms with Crippen molar-refractivity contribution in [1.29, 1.82) is 0 Å². The molecule has 9 aromatic rings. The molecule has 93 heavy (non-hydrogen) atoms. The Labute approximate surface area is 652 Å². The first kappa shape index (κ1) is 82.5. The summed E-state index contributed by atoms with van der Waals surface area (Å²) in [5, 5.41) is 34.8. The number of aromatic amines is 1. The largest absolute Gasteiger partial charge is 1.00 e. The number of hydrogen-bond donors (Lipinski definition) is 4. The molecule has 482 valence electrons. The standard InChI is InChI=1S/C19H16N4O.C15H15NO3.C11H11F3O6S.C10H12O4.C5H6BNO2.CH2O3.2Cs.H/c1-2-24-16-11-14(13-5-8-20-9-6-13)10-15(12-16)18-22-17-4-3-7-21-19(17)23-18;1-3-19-14-9-12(11-4-6-16-7-5-11)8-13(10-14)15(17)18-2;1-3-19-8-4-7(10(15)18-2)5-9(6-8)20-21(16,17)11(12,13)14;1-3-14-9-5-7(10(12)13-2)4-8(11)6-9;8-6(9)5-1-3-7-4-2-5;2-1-4-3;;;/h3-12H,2H2,1H3,(H,21,22,23);4-10H,3H2,1-2H3;4-6H,3H2,1-2H3;4-6,11H,3H2,1-2H3;1-4,8-9H;1,3H;;;/q;;;;;;2*+1;-1/p-1. The van der Waals surface area contributed by atoms with Crippen molar-refractivity contribution in [2.45, 2.75) is 33.2 Å². The predicted molar refractivity (Wildman–Crippen MR) is 323 cm³/mol. The second-order valence-electron chi connectivity index (χ2n) is 17.4. The van der Waals surface area contributed by atoms with Gasteiger partial charge in [-0.15, -0.1) is 0 Å². The van der Waals surface area contributed by atoms with Gasteiger partial charge < -0.3 is 69.1 Å². The summed E-state index contributed by atoms with van der Waals surface area (Å²) in [6, 6.07) is 33.3. The molecule has 0 saturated heterocycles. The van der Waals surface area contributed by atoms with E-state index < -0.39 is 40.4 Å². The third-order valence-electron chi connectivity index (χ3n) is 11.2. The number of aromatic hydroxyl groups is 1. The predicted octanol–water partition coefficient (Wildman–Crippen LogP) is 2.01. The van der Waals surface area contributed by atoms with Gasteiger partial charge in [0.25, 0.3) is 6.47 Å². The molecule has 0 fully saturated rings. The van der Waals surface area contributed by atoms with Gasteiger partial charge in [0.05, 0.1) is 70.0 Å². The first-order valence-electron chi connectivity index (χ1n) is 26.7. The maximum absolute atomic E-state index is 12.3. The molecule has 0 aliphatic heterocycles. The molecule has 0 bridgehead atoms. The van der Waals surface area contributed by atoms with Gasteiger partial charge >= 0.3 is 178 Å². The number of nitrogens with zero attached hydrogens (tertiary/aromatic N) is 5. The molecule has 4 N–H and O–H groups in total. The number of hydrogen-bond acceptors (Lipinski definition) is 24. The summed E-state index contributed by atoms with van der Waals surface area (Å²) >= 11 is 0. The second kappa shape index (κ2) is 43.4. The summed E-state index contributed by atoms with van der Waals surface area (Å²) in [4.78, 5) is 69.4. The fourth-order valence-electron chi connectivity index (χ4n) is 7.36. The Morgan fingerprint density at radius 3 is 1.39 bits per heavy atom. The van der Waals surface area contributed by atoms with Crippen molar-refractivity contribution in [2.75, 3.05) is 47.8 Å². The molecular formula is C61H62BCs2F3N6O19S. The van der Waals surface area contributed by atoms with Crippen molar-refractivity contribution in [3.05, 3.63) is 181 Å². The number of imidazole rings is 1. The van der Waals surface area contributed by atoms with Gasteiger partial charge in [0.1, 0.15) is 40.3 Å². The summed E-state index contributed by atoms with van der Waals surface area (Å²) in [6.45, 7) is 8.89. The number of benzene rings is 4. The number of carbonyl (C=O) groups excluding carboxylic acids is 4. The average Bonchev–Trinajstić information content (AvgIpc) is 1.51. The van der Waals surface area contributed by atoms with E-state index in [4.69, 9.17) is 43.8 Å². The van der Waals surface area contributed by atoms with Crippen LogP contribution in [-0.2, 0) is 34.0 Å². The number of halogens is 3. The molecule has 5 heterocycles. The third kappa shape index (κ3) is 28.1. The number of fused-ring (bicyclic) bond motifs is 1.